The van der Waals surface area contributed by atoms with E-state index in [1.807, 2.05) is 0 Å². The van der Waals surface area contributed by atoms with Crippen molar-refractivity contribution in [2.24, 2.45) is 5.92 Å². The predicted octanol–water partition coefficient (Wildman–Crippen LogP) is 4.60. The number of rotatable bonds is 13. The van der Waals surface area contributed by atoms with E-state index in [4.69, 9.17) is 19.2 Å². The molecule has 10 nitrogen and oxygen atoms in total. The molecule has 0 bridgehead atoms. The Morgan fingerprint density at radius 3 is 2.27 bits per heavy atom. The molecule has 3 aromatic rings. The van der Waals surface area contributed by atoms with E-state index in [2.05, 4.69) is 50.5 Å². The van der Waals surface area contributed by atoms with Crippen molar-refractivity contribution in [3.05, 3.63) is 60.2 Å². The van der Waals surface area contributed by atoms with E-state index in [0.29, 0.717) is 35.4 Å². The third-order valence-electron chi connectivity index (χ3n) is 7.07. The van der Waals surface area contributed by atoms with Gasteiger partial charge in [0, 0.05) is 19.1 Å². The van der Waals surface area contributed by atoms with Gasteiger partial charge in [-0.05, 0) is 81.7 Å². The molecule has 40 heavy (non-hydrogen) atoms. The maximum Gasteiger partial charge on any atom is 0.347 e. The number of benzene rings is 2. The van der Waals surface area contributed by atoms with Crippen LogP contribution in [-0.4, -0.2) is 64.0 Å². The molecule has 2 aliphatic rings. The molecule has 2 N–H and O–H groups in total. The molecule has 0 amide bonds. The number of piperidine rings is 1. The third kappa shape index (κ3) is 7.74. The molecule has 0 unspecified atom stereocenters. The largest absolute Gasteiger partial charge is 0.490 e. The van der Waals surface area contributed by atoms with E-state index in [1.165, 1.54) is 19.4 Å². The van der Waals surface area contributed by atoms with Crippen molar-refractivity contribution < 1.29 is 24.1 Å². The van der Waals surface area contributed by atoms with Crippen LogP contribution in [0.1, 0.15) is 45.1 Å². The summed E-state index contributed by atoms with van der Waals surface area (Å²) < 4.78 is 17.2. The third-order valence-corrected chi connectivity index (χ3v) is 7.07. The number of hydrogen-bond donors (Lipinski definition) is 2. The quantitative estimate of drug-likeness (QED) is 0.294. The van der Waals surface area contributed by atoms with Gasteiger partial charge in [0.25, 0.3) is 0 Å². The maximum absolute atomic E-state index is 11.3. The van der Waals surface area contributed by atoms with Gasteiger partial charge in [-0.1, -0.05) is 30.3 Å². The number of aliphatic carboxylic acids is 1. The zero-order valence-electron chi connectivity index (χ0n) is 23.1. The summed E-state index contributed by atoms with van der Waals surface area (Å²) in [6, 6.07) is 18.2. The number of aromatic nitrogens is 3. The van der Waals surface area contributed by atoms with E-state index < -0.39 is 11.6 Å². The molecule has 10 heteroatoms. The molecule has 5 rings (SSSR count). The number of nitrogens with zero attached hydrogens (tertiary/aromatic N) is 4. The fourth-order valence-corrected chi connectivity index (χ4v) is 4.55. The maximum atomic E-state index is 11.3. The van der Waals surface area contributed by atoms with Gasteiger partial charge in [-0.2, -0.15) is 15.0 Å². The predicted molar refractivity (Wildman–Crippen MR) is 151 cm³/mol. The number of carbonyl (C=O) groups is 1. The second-order valence-corrected chi connectivity index (χ2v) is 10.9. The summed E-state index contributed by atoms with van der Waals surface area (Å²) in [4.78, 5) is 27.3. The highest BCUT2D eigenvalue weighted by Crippen LogP contribution is 2.28. The van der Waals surface area contributed by atoms with Gasteiger partial charge in [-0.3, -0.25) is 0 Å². The number of anilines is 2. The van der Waals surface area contributed by atoms with Gasteiger partial charge >= 0.3 is 12.0 Å². The van der Waals surface area contributed by atoms with Gasteiger partial charge in [0.05, 0.1) is 0 Å². The number of hydrogen-bond acceptors (Lipinski definition) is 9. The van der Waals surface area contributed by atoms with Crippen LogP contribution in [-0.2, 0) is 11.2 Å². The van der Waals surface area contributed by atoms with Gasteiger partial charge in [0.15, 0.2) is 5.60 Å². The van der Waals surface area contributed by atoms with Crippen LogP contribution in [0.3, 0.4) is 0 Å². The lowest BCUT2D eigenvalue weighted by Crippen LogP contribution is -2.37. The van der Waals surface area contributed by atoms with Crippen LogP contribution in [0.4, 0.5) is 11.9 Å². The topological polar surface area (TPSA) is 119 Å². The minimum Gasteiger partial charge on any atom is -0.490 e. The Labute approximate surface area is 234 Å². The minimum absolute atomic E-state index is 0.260. The number of carboxylic acid groups (broad SMARTS) is 1. The Hall–Kier alpha value is -4.08. The average molecular weight is 548 g/mol. The molecule has 1 saturated heterocycles. The Kier molecular flexibility index (Phi) is 8.52. The lowest BCUT2D eigenvalue weighted by atomic mass is 9.90. The highest BCUT2D eigenvalue weighted by Gasteiger charge is 2.29. The average Bonchev–Trinajstić information content (AvgIpc) is 3.77. The normalized spacial score (nSPS) is 15.9. The van der Waals surface area contributed by atoms with E-state index >= 15 is 0 Å². The molecule has 1 aliphatic carbocycles. The van der Waals surface area contributed by atoms with Crippen molar-refractivity contribution in [2.75, 3.05) is 36.5 Å². The molecular formula is C30H37N5O5. The van der Waals surface area contributed by atoms with Gasteiger partial charge in [-0.15, -0.1) is 0 Å². The summed E-state index contributed by atoms with van der Waals surface area (Å²) in [5.74, 6) is 1.89. The highest BCUT2D eigenvalue weighted by atomic mass is 16.5. The van der Waals surface area contributed by atoms with E-state index in [0.717, 1.165) is 45.2 Å². The molecule has 1 aromatic heterocycles. The van der Waals surface area contributed by atoms with Crippen molar-refractivity contribution in [1.82, 2.24) is 15.0 Å². The van der Waals surface area contributed by atoms with E-state index in [-0.39, 0.29) is 19.2 Å². The van der Waals surface area contributed by atoms with E-state index in [9.17, 15) is 9.90 Å². The number of carboxylic acids is 1. The lowest BCUT2D eigenvalue weighted by Gasteiger charge is -2.32. The van der Waals surface area contributed by atoms with Crippen molar-refractivity contribution in [3.8, 4) is 17.5 Å². The molecule has 0 atom stereocenters. The first-order chi connectivity index (χ1) is 19.3. The molecule has 1 saturated carbocycles. The number of ether oxygens (including phenoxy) is 3. The molecule has 2 aromatic carbocycles. The van der Waals surface area contributed by atoms with Crippen LogP contribution in [0.15, 0.2) is 54.6 Å². The number of nitrogens with one attached hydrogen (secondary N) is 1. The fourth-order valence-electron chi connectivity index (χ4n) is 4.55. The summed E-state index contributed by atoms with van der Waals surface area (Å²) >= 11 is 0. The molecular weight excluding hydrogens is 510 g/mol. The lowest BCUT2D eigenvalue weighted by molar-refractivity contribution is -0.152. The molecule has 0 radical (unpaired) electrons. The molecule has 1 aliphatic heterocycles. The van der Waals surface area contributed by atoms with Crippen molar-refractivity contribution in [1.29, 1.82) is 0 Å². The first-order valence-electron chi connectivity index (χ1n) is 13.9. The summed E-state index contributed by atoms with van der Waals surface area (Å²) in [5.41, 5.74) is 0.0755. The smallest absolute Gasteiger partial charge is 0.347 e. The SMILES string of the molecule is CC(C)(Oc1ccc(OCCOc2nc(NC3CC3)nc(N3CCC(Cc4ccccc4)CC3)n2)cc1)C(=O)O. The van der Waals surface area contributed by atoms with Crippen LogP contribution in [0, 0.1) is 5.92 Å². The first-order valence-corrected chi connectivity index (χ1v) is 13.9. The molecule has 2 heterocycles. The van der Waals surface area contributed by atoms with E-state index in [1.54, 1.807) is 24.3 Å². The van der Waals surface area contributed by atoms with Gasteiger partial charge in [-0.25, -0.2) is 4.79 Å². The zero-order valence-corrected chi connectivity index (χ0v) is 23.1. The first kappa shape index (κ1) is 27.5. The summed E-state index contributed by atoms with van der Waals surface area (Å²) in [6.07, 6.45) is 5.52. The zero-order chi connectivity index (χ0) is 28.0. The van der Waals surface area contributed by atoms with Gasteiger partial charge in [0.1, 0.15) is 24.7 Å². The van der Waals surface area contributed by atoms with Gasteiger partial charge in [0.2, 0.25) is 11.9 Å². The summed E-state index contributed by atoms with van der Waals surface area (Å²) in [7, 11) is 0. The summed E-state index contributed by atoms with van der Waals surface area (Å²) in [6.45, 7) is 5.35. The van der Waals surface area contributed by atoms with Crippen LogP contribution in [0.2, 0.25) is 0 Å². The van der Waals surface area contributed by atoms with Crippen molar-refractivity contribution >= 4 is 17.9 Å². The second-order valence-electron chi connectivity index (χ2n) is 10.9. The fraction of sp³-hybridized carbons (Fsp3) is 0.467. The van der Waals surface area contributed by atoms with Crippen LogP contribution in [0.25, 0.3) is 0 Å². The van der Waals surface area contributed by atoms with Crippen LogP contribution < -0.4 is 24.4 Å². The molecule has 0 spiro atoms. The Balaban J connectivity index is 1.13. The Bertz CT molecular complexity index is 1260. The van der Waals surface area contributed by atoms with Crippen LogP contribution >= 0.6 is 0 Å². The van der Waals surface area contributed by atoms with Gasteiger partial charge < -0.3 is 29.5 Å². The minimum atomic E-state index is -1.31. The molecule has 212 valence electrons. The Morgan fingerprint density at radius 2 is 1.60 bits per heavy atom. The van der Waals surface area contributed by atoms with Crippen LogP contribution in [0.5, 0.6) is 17.5 Å². The monoisotopic (exact) mass is 547 g/mol. The Morgan fingerprint density at radius 1 is 0.925 bits per heavy atom. The van der Waals surface area contributed by atoms with Crippen molar-refractivity contribution in [2.45, 2.75) is 57.6 Å². The highest BCUT2D eigenvalue weighted by molar-refractivity contribution is 5.76. The summed E-state index contributed by atoms with van der Waals surface area (Å²) in [5, 5.41) is 12.6. The van der Waals surface area contributed by atoms with Crippen molar-refractivity contribution in [3.63, 3.8) is 0 Å². The molecule has 2 fully saturated rings. The second kappa shape index (κ2) is 12.4. The standard InChI is InChI=1S/C30H37N5O5/c1-30(2,26(36)37)40-25-12-10-24(11-13-25)38-18-19-39-29-33-27(31-23-8-9-23)32-28(34-29)35-16-14-22(15-17-35)20-21-6-4-3-5-7-21/h3-7,10-13,22-23H,8-9,14-20H2,1-2H3,(H,36,37)(H,31,32,33,34).